The first-order valence-corrected chi connectivity index (χ1v) is 11.7. The summed E-state index contributed by atoms with van der Waals surface area (Å²) < 4.78 is 0. The summed E-state index contributed by atoms with van der Waals surface area (Å²) in [6, 6.07) is 10.9. The number of benzene rings is 2. The molecule has 32 heavy (non-hydrogen) atoms. The van der Waals surface area contributed by atoms with Gasteiger partial charge < -0.3 is 20.6 Å². The number of carbonyl (C=O) groups excluding carboxylic acids is 2. The zero-order valence-electron chi connectivity index (χ0n) is 18.4. The summed E-state index contributed by atoms with van der Waals surface area (Å²) in [5, 5.41) is 16.2. The summed E-state index contributed by atoms with van der Waals surface area (Å²) >= 11 is 5.95. The summed E-state index contributed by atoms with van der Waals surface area (Å²) in [6.45, 7) is 3.05. The average molecular weight is 456 g/mol. The van der Waals surface area contributed by atoms with Gasteiger partial charge in [-0.15, -0.1) is 0 Å². The number of anilines is 1. The van der Waals surface area contributed by atoms with Gasteiger partial charge in [0.1, 0.15) is 5.75 Å². The van der Waals surface area contributed by atoms with E-state index in [2.05, 4.69) is 28.8 Å². The smallest absolute Gasteiger partial charge is 0.317 e. The van der Waals surface area contributed by atoms with Crippen LogP contribution in [-0.4, -0.2) is 35.0 Å². The van der Waals surface area contributed by atoms with Crippen LogP contribution in [0.4, 0.5) is 10.5 Å². The number of piperidine rings is 1. The van der Waals surface area contributed by atoms with E-state index in [9.17, 15) is 14.7 Å². The minimum Gasteiger partial charge on any atom is -0.506 e. The highest BCUT2D eigenvalue weighted by molar-refractivity contribution is 6.31. The number of phenols is 1. The van der Waals surface area contributed by atoms with Crippen LogP contribution < -0.4 is 10.6 Å². The number of halogens is 1. The molecule has 2 aromatic rings. The molecule has 4 rings (SSSR count). The second-order valence-electron chi connectivity index (χ2n) is 8.82. The minimum atomic E-state index is -0.212. The topological polar surface area (TPSA) is 81.7 Å². The van der Waals surface area contributed by atoms with E-state index in [-0.39, 0.29) is 29.6 Å². The van der Waals surface area contributed by atoms with Crippen LogP contribution in [0.5, 0.6) is 5.75 Å². The SMILES string of the molecule is CC(NC(=O)N1CCC(C(=O)Nc2cc(Cl)ccc2O)CC1)c1ccc2c(c1)CCCC2. The van der Waals surface area contributed by atoms with Gasteiger partial charge in [-0.3, -0.25) is 4.79 Å². The van der Waals surface area contributed by atoms with Crippen LogP contribution in [0.3, 0.4) is 0 Å². The van der Waals surface area contributed by atoms with Crippen molar-refractivity contribution in [1.29, 1.82) is 0 Å². The van der Waals surface area contributed by atoms with E-state index in [1.54, 1.807) is 11.0 Å². The lowest BCUT2D eigenvalue weighted by molar-refractivity contribution is -0.121. The minimum absolute atomic E-state index is 0.0178. The van der Waals surface area contributed by atoms with Gasteiger partial charge in [-0.25, -0.2) is 4.79 Å². The van der Waals surface area contributed by atoms with Gasteiger partial charge in [0.15, 0.2) is 0 Å². The van der Waals surface area contributed by atoms with Crippen molar-refractivity contribution in [2.75, 3.05) is 18.4 Å². The summed E-state index contributed by atoms with van der Waals surface area (Å²) in [6.07, 6.45) is 5.91. The predicted molar refractivity (Wildman–Crippen MR) is 126 cm³/mol. The molecular formula is C25H30ClN3O3. The first-order valence-electron chi connectivity index (χ1n) is 11.4. The van der Waals surface area contributed by atoms with Crippen molar-refractivity contribution in [3.63, 3.8) is 0 Å². The van der Waals surface area contributed by atoms with Crippen LogP contribution in [0, 0.1) is 5.92 Å². The van der Waals surface area contributed by atoms with Crippen LogP contribution in [0.25, 0.3) is 0 Å². The molecule has 0 aromatic heterocycles. The number of aromatic hydroxyl groups is 1. The van der Waals surface area contributed by atoms with Crippen LogP contribution >= 0.6 is 11.6 Å². The van der Waals surface area contributed by atoms with Gasteiger partial charge in [0.05, 0.1) is 11.7 Å². The molecule has 2 aromatic carbocycles. The molecule has 0 spiro atoms. The number of nitrogens with one attached hydrogen (secondary N) is 2. The van der Waals surface area contributed by atoms with Crippen molar-refractivity contribution in [3.8, 4) is 5.75 Å². The van der Waals surface area contributed by atoms with E-state index in [1.807, 2.05) is 6.92 Å². The fraction of sp³-hybridized carbons (Fsp3) is 0.440. The first-order chi connectivity index (χ1) is 15.4. The number of carbonyl (C=O) groups is 2. The third-order valence-electron chi connectivity index (χ3n) is 6.58. The maximum Gasteiger partial charge on any atom is 0.317 e. The molecule has 1 unspecified atom stereocenters. The highest BCUT2D eigenvalue weighted by Crippen LogP contribution is 2.29. The summed E-state index contributed by atoms with van der Waals surface area (Å²) in [7, 11) is 0. The van der Waals surface area contributed by atoms with E-state index in [0.717, 1.165) is 18.4 Å². The lowest BCUT2D eigenvalue weighted by Crippen LogP contribution is -2.46. The maximum atomic E-state index is 12.8. The fourth-order valence-corrected chi connectivity index (χ4v) is 4.74. The standard InChI is InChI=1S/C25H30ClN3O3/c1-16(19-7-6-17-4-2-3-5-20(17)14-19)27-25(32)29-12-10-18(11-13-29)24(31)28-22-15-21(26)8-9-23(22)30/h6-9,14-16,18,30H,2-5,10-13H2,1H3,(H,27,32)(H,28,31). The van der Waals surface area contributed by atoms with Gasteiger partial charge in [-0.1, -0.05) is 29.8 Å². The average Bonchev–Trinajstić information content (AvgIpc) is 2.81. The van der Waals surface area contributed by atoms with E-state index >= 15 is 0 Å². The van der Waals surface area contributed by atoms with Gasteiger partial charge in [0, 0.05) is 24.0 Å². The molecule has 0 saturated carbocycles. The molecular weight excluding hydrogens is 426 g/mol. The molecule has 1 atom stereocenters. The highest BCUT2D eigenvalue weighted by Gasteiger charge is 2.28. The number of hydrogen-bond acceptors (Lipinski definition) is 3. The maximum absolute atomic E-state index is 12.8. The van der Waals surface area contributed by atoms with Crippen LogP contribution in [-0.2, 0) is 17.6 Å². The van der Waals surface area contributed by atoms with Gasteiger partial charge in [0.25, 0.3) is 0 Å². The van der Waals surface area contributed by atoms with Gasteiger partial charge >= 0.3 is 6.03 Å². The van der Waals surface area contributed by atoms with Crippen molar-refractivity contribution >= 4 is 29.2 Å². The second kappa shape index (κ2) is 9.82. The Morgan fingerprint density at radius 2 is 1.78 bits per heavy atom. The lowest BCUT2D eigenvalue weighted by Gasteiger charge is -2.32. The Balaban J connectivity index is 1.28. The molecule has 1 saturated heterocycles. The van der Waals surface area contributed by atoms with Crippen LogP contribution in [0.2, 0.25) is 5.02 Å². The Bertz CT molecular complexity index is 1000. The zero-order chi connectivity index (χ0) is 22.7. The van der Waals surface area contributed by atoms with E-state index in [4.69, 9.17) is 11.6 Å². The Labute approximate surface area is 194 Å². The number of phenolic OH excluding ortho intramolecular Hbond substituents is 1. The van der Waals surface area contributed by atoms with E-state index in [0.29, 0.717) is 36.6 Å². The fourth-order valence-electron chi connectivity index (χ4n) is 4.57. The van der Waals surface area contributed by atoms with E-state index < -0.39 is 0 Å². The summed E-state index contributed by atoms with van der Waals surface area (Å²) in [5.74, 6) is -0.392. The molecule has 1 aliphatic heterocycles. The van der Waals surface area contributed by atoms with Gasteiger partial charge in [-0.05, 0) is 80.3 Å². The monoisotopic (exact) mass is 455 g/mol. The Kier molecular flexibility index (Phi) is 6.89. The molecule has 1 heterocycles. The summed E-state index contributed by atoms with van der Waals surface area (Å²) in [5.41, 5.74) is 4.29. The van der Waals surface area contributed by atoms with E-state index in [1.165, 1.54) is 36.1 Å². The number of fused-ring (bicyclic) bond motifs is 1. The van der Waals surface area contributed by atoms with Crippen LogP contribution in [0.1, 0.15) is 55.3 Å². The third-order valence-corrected chi connectivity index (χ3v) is 6.82. The highest BCUT2D eigenvalue weighted by atomic mass is 35.5. The number of likely N-dealkylation sites (tertiary alicyclic amines) is 1. The predicted octanol–water partition coefficient (Wildman–Crippen LogP) is 5.05. The molecule has 7 heteroatoms. The molecule has 1 fully saturated rings. The van der Waals surface area contributed by atoms with Crippen molar-refractivity contribution < 1.29 is 14.7 Å². The van der Waals surface area contributed by atoms with Gasteiger partial charge in [-0.2, -0.15) is 0 Å². The first kappa shape index (κ1) is 22.5. The largest absolute Gasteiger partial charge is 0.506 e. The van der Waals surface area contributed by atoms with Crippen molar-refractivity contribution in [3.05, 3.63) is 58.1 Å². The second-order valence-corrected chi connectivity index (χ2v) is 9.25. The third kappa shape index (κ3) is 5.18. The van der Waals surface area contributed by atoms with Crippen molar-refractivity contribution in [1.82, 2.24) is 10.2 Å². The Morgan fingerprint density at radius 1 is 1.06 bits per heavy atom. The number of rotatable bonds is 4. The molecule has 1 aliphatic carbocycles. The molecule has 2 aliphatic rings. The number of urea groups is 1. The normalized spacial score (nSPS) is 17.4. The lowest BCUT2D eigenvalue weighted by atomic mass is 9.89. The Morgan fingerprint density at radius 3 is 2.53 bits per heavy atom. The summed E-state index contributed by atoms with van der Waals surface area (Å²) in [4.78, 5) is 27.2. The van der Waals surface area contributed by atoms with Crippen LogP contribution in [0.15, 0.2) is 36.4 Å². The molecule has 3 N–H and O–H groups in total. The number of nitrogens with zero attached hydrogens (tertiary/aromatic N) is 1. The van der Waals surface area contributed by atoms with Crippen molar-refractivity contribution in [2.24, 2.45) is 5.92 Å². The number of amides is 3. The molecule has 3 amide bonds. The molecule has 0 bridgehead atoms. The number of aryl methyl sites for hydroxylation is 2. The molecule has 0 radical (unpaired) electrons. The van der Waals surface area contributed by atoms with Gasteiger partial charge in [0.2, 0.25) is 5.91 Å². The Hall–Kier alpha value is -2.73. The molecule has 170 valence electrons. The quantitative estimate of drug-likeness (QED) is 0.564. The molecule has 6 nitrogen and oxygen atoms in total. The van der Waals surface area contributed by atoms with Crippen molar-refractivity contribution in [2.45, 2.75) is 51.5 Å². The number of hydrogen-bond donors (Lipinski definition) is 3. The zero-order valence-corrected chi connectivity index (χ0v) is 19.1.